The van der Waals surface area contributed by atoms with E-state index < -0.39 is 0 Å². The SMILES string of the molecule is CC(C)N1CN2CCCC1C2. The fourth-order valence-corrected chi connectivity index (χ4v) is 2.36. The second-order valence-electron chi connectivity index (χ2n) is 4.12. The van der Waals surface area contributed by atoms with Crippen LogP contribution in [0.5, 0.6) is 0 Å². The fraction of sp³-hybridized carbons (Fsp3) is 1.00. The first-order valence-corrected chi connectivity index (χ1v) is 4.75. The maximum Gasteiger partial charge on any atom is 0.0512 e. The van der Waals surface area contributed by atoms with Crippen LogP contribution >= 0.6 is 0 Å². The van der Waals surface area contributed by atoms with Gasteiger partial charge < -0.3 is 0 Å². The van der Waals surface area contributed by atoms with E-state index in [1.165, 1.54) is 32.6 Å². The number of piperidine rings is 1. The Morgan fingerprint density at radius 1 is 1.36 bits per heavy atom. The van der Waals surface area contributed by atoms with Crippen LogP contribution in [0.1, 0.15) is 26.7 Å². The molecule has 0 aliphatic carbocycles. The van der Waals surface area contributed by atoms with Crippen LogP contribution in [-0.4, -0.2) is 41.6 Å². The highest BCUT2D eigenvalue weighted by atomic mass is 15.4. The van der Waals surface area contributed by atoms with Gasteiger partial charge in [0.2, 0.25) is 0 Å². The normalized spacial score (nSPS) is 38.5. The molecular weight excluding hydrogens is 136 g/mol. The zero-order chi connectivity index (χ0) is 7.84. The third-order valence-corrected chi connectivity index (χ3v) is 2.98. The minimum atomic E-state index is 0.739. The highest BCUT2D eigenvalue weighted by Gasteiger charge is 2.34. The highest BCUT2D eigenvalue weighted by Crippen LogP contribution is 2.24. The molecule has 0 aromatic carbocycles. The molecule has 2 bridgehead atoms. The number of rotatable bonds is 1. The van der Waals surface area contributed by atoms with Crippen LogP contribution in [0.25, 0.3) is 0 Å². The Labute approximate surface area is 69.2 Å². The molecule has 2 aliphatic rings. The topological polar surface area (TPSA) is 6.48 Å². The van der Waals surface area contributed by atoms with Gasteiger partial charge in [0.15, 0.2) is 0 Å². The van der Waals surface area contributed by atoms with Crippen molar-refractivity contribution in [2.75, 3.05) is 19.8 Å². The minimum Gasteiger partial charge on any atom is -0.289 e. The Morgan fingerprint density at radius 3 is 2.82 bits per heavy atom. The van der Waals surface area contributed by atoms with Crippen LogP contribution in [0.2, 0.25) is 0 Å². The summed E-state index contributed by atoms with van der Waals surface area (Å²) < 4.78 is 0. The Hall–Kier alpha value is -0.0800. The van der Waals surface area contributed by atoms with Crippen molar-refractivity contribution in [2.24, 2.45) is 0 Å². The molecule has 0 saturated carbocycles. The van der Waals surface area contributed by atoms with E-state index in [-0.39, 0.29) is 0 Å². The lowest BCUT2D eigenvalue weighted by molar-refractivity contribution is 0.195. The first-order valence-electron chi connectivity index (χ1n) is 4.75. The Bertz CT molecular complexity index is 144. The summed E-state index contributed by atoms with van der Waals surface area (Å²) in [6.45, 7) is 8.50. The van der Waals surface area contributed by atoms with Gasteiger partial charge in [-0.2, -0.15) is 0 Å². The molecule has 2 heteroatoms. The van der Waals surface area contributed by atoms with Gasteiger partial charge in [0.25, 0.3) is 0 Å². The molecule has 11 heavy (non-hydrogen) atoms. The monoisotopic (exact) mass is 154 g/mol. The van der Waals surface area contributed by atoms with Crippen LogP contribution in [0.3, 0.4) is 0 Å². The second kappa shape index (κ2) is 2.76. The van der Waals surface area contributed by atoms with Crippen molar-refractivity contribution in [3.8, 4) is 0 Å². The lowest BCUT2D eigenvalue weighted by atomic mass is 10.1. The molecule has 2 heterocycles. The molecule has 2 atom stereocenters. The van der Waals surface area contributed by atoms with E-state index in [0.717, 1.165) is 12.1 Å². The van der Waals surface area contributed by atoms with E-state index >= 15 is 0 Å². The summed E-state index contributed by atoms with van der Waals surface area (Å²) in [7, 11) is 0. The zero-order valence-electron chi connectivity index (χ0n) is 7.58. The van der Waals surface area contributed by atoms with E-state index in [9.17, 15) is 0 Å². The molecule has 2 aliphatic heterocycles. The van der Waals surface area contributed by atoms with Crippen molar-refractivity contribution in [1.82, 2.24) is 9.80 Å². The molecule has 2 fully saturated rings. The molecule has 2 unspecified atom stereocenters. The number of fused-ring (bicyclic) bond motifs is 2. The largest absolute Gasteiger partial charge is 0.289 e. The van der Waals surface area contributed by atoms with E-state index in [4.69, 9.17) is 0 Å². The third-order valence-electron chi connectivity index (χ3n) is 2.98. The maximum atomic E-state index is 2.63. The van der Waals surface area contributed by atoms with Gasteiger partial charge in [-0.15, -0.1) is 0 Å². The van der Waals surface area contributed by atoms with Gasteiger partial charge in [0, 0.05) is 18.6 Å². The molecule has 2 saturated heterocycles. The van der Waals surface area contributed by atoms with Gasteiger partial charge >= 0.3 is 0 Å². The van der Waals surface area contributed by atoms with Gasteiger partial charge in [-0.25, -0.2) is 0 Å². The van der Waals surface area contributed by atoms with E-state index in [1.54, 1.807) is 0 Å². The lowest BCUT2D eigenvalue weighted by Crippen LogP contribution is -2.36. The van der Waals surface area contributed by atoms with Gasteiger partial charge in [0.1, 0.15) is 0 Å². The molecule has 0 spiro atoms. The zero-order valence-corrected chi connectivity index (χ0v) is 7.58. The number of nitrogens with zero attached hydrogens (tertiary/aromatic N) is 2. The average molecular weight is 154 g/mol. The predicted octanol–water partition coefficient (Wildman–Crippen LogP) is 1.13. The summed E-state index contributed by atoms with van der Waals surface area (Å²) in [6, 6.07) is 1.62. The Morgan fingerprint density at radius 2 is 2.18 bits per heavy atom. The van der Waals surface area contributed by atoms with E-state index in [0.29, 0.717) is 0 Å². The van der Waals surface area contributed by atoms with Gasteiger partial charge in [-0.3, -0.25) is 9.80 Å². The van der Waals surface area contributed by atoms with Crippen LogP contribution in [0.15, 0.2) is 0 Å². The van der Waals surface area contributed by atoms with Crippen molar-refractivity contribution >= 4 is 0 Å². The molecule has 64 valence electrons. The first kappa shape index (κ1) is 7.56. The van der Waals surface area contributed by atoms with Gasteiger partial charge in [-0.1, -0.05) is 0 Å². The fourth-order valence-electron chi connectivity index (χ4n) is 2.36. The summed E-state index contributed by atoms with van der Waals surface area (Å²) in [4.78, 5) is 5.21. The second-order valence-corrected chi connectivity index (χ2v) is 4.12. The van der Waals surface area contributed by atoms with Gasteiger partial charge in [0.05, 0.1) is 6.67 Å². The van der Waals surface area contributed by atoms with E-state index in [2.05, 4.69) is 23.6 Å². The van der Waals surface area contributed by atoms with Gasteiger partial charge in [-0.05, 0) is 33.2 Å². The molecule has 0 amide bonds. The molecule has 0 aromatic heterocycles. The van der Waals surface area contributed by atoms with Crippen molar-refractivity contribution in [1.29, 1.82) is 0 Å². The van der Waals surface area contributed by atoms with Crippen molar-refractivity contribution in [3.05, 3.63) is 0 Å². The molecule has 0 N–H and O–H groups in total. The van der Waals surface area contributed by atoms with Crippen LogP contribution in [0, 0.1) is 0 Å². The summed E-state index contributed by atoms with van der Waals surface area (Å²) >= 11 is 0. The Kier molecular flexibility index (Phi) is 1.90. The number of hydrogen-bond donors (Lipinski definition) is 0. The van der Waals surface area contributed by atoms with Crippen molar-refractivity contribution in [2.45, 2.75) is 38.8 Å². The quantitative estimate of drug-likeness (QED) is 0.558. The van der Waals surface area contributed by atoms with Crippen LogP contribution in [0.4, 0.5) is 0 Å². The summed E-state index contributed by atoms with van der Waals surface area (Å²) in [6.07, 6.45) is 2.84. The average Bonchev–Trinajstić information content (AvgIpc) is 2.27. The summed E-state index contributed by atoms with van der Waals surface area (Å²) in [5.74, 6) is 0. The Balaban J connectivity index is 2.03. The molecule has 0 aromatic rings. The maximum absolute atomic E-state index is 2.63. The first-order chi connectivity index (χ1) is 5.27. The molecule has 2 rings (SSSR count). The summed E-state index contributed by atoms with van der Waals surface area (Å²) in [5.41, 5.74) is 0. The lowest BCUT2D eigenvalue weighted by Gasteiger charge is -2.26. The minimum absolute atomic E-state index is 0.739. The molecular formula is C9H18N2. The van der Waals surface area contributed by atoms with Crippen LogP contribution in [-0.2, 0) is 0 Å². The molecule has 2 nitrogen and oxygen atoms in total. The smallest absolute Gasteiger partial charge is 0.0512 e. The molecule has 0 radical (unpaired) electrons. The van der Waals surface area contributed by atoms with Crippen molar-refractivity contribution in [3.63, 3.8) is 0 Å². The van der Waals surface area contributed by atoms with Crippen LogP contribution < -0.4 is 0 Å². The summed E-state index contributed by atoms with van der Waals surface area (Å²) in [5, 5.41) is 0. The third kappa shape index (κ3) is 1.30. The van der Waals surface area contributed by atoms with E-state index in [1.807, 2.05) is 0 Å². The predicted molar refractivity (Wildman–Crippen MR) is 46.4 cm³/mol. The number of hydrogen-bond acceptors (Lipinski definition) is 2. The van der Waals surface area contributed by atoms with Crippen molar-refractivity contribution < 1.29 is 0 Å². The standard InChI is InChI=1S/C9H18N2/c1-8(2)11-7-10-5-3-4-9(11)6-10/h8-9H,3-7H2,1-2H3. The highest BCUT2D eigenvalue weighted by molar-refractivity contribution is 4.88.